The van der Waals surface area contributed by atoms with Gasteiger partial charge < -0.3 is 30.5 Å². The summed E-state index contributed by atoms with van der Waals surface area (Å²) >= 11 is 12.7. The monoisotopic (exact) mass is 988 g/mol. The molecule has 2 fully saturated rings. The maximum absolute atomic E-state index is 12.1. The number of nitrogen functional groups attached to an aromatic ring is 2. The van der Waals surface area contributed by atoms with Crippen LogP contribution in [0.4, 0.5) is 22.7 Å². The molecule has 4 unspecified atom stereocenters. The Morgan fingerprint density at radius 2 is 1.29 bits per heavy atom. The van der Waals surface area contributed by atoms with E-state index in [1.807, 2.05) is 57.4 Å². The van der Waals surface area contributed by atoms with Gasteiger partial charge in [-0.1, -0.05) is 40.9 Å². The number of fused-ring (bicyclic) bond motifs is 2. The van der Waals surface area contributed by atoms with Crippen molar-refractivity contribution < 1.29 is 31.7 Å². The first kappa shape index (κ1) is 49.9. The summed E-state index contributed by atoms with van der Waals surface area (Å²) in [6.07, 6.45) is 13.8. The number of aromatic nitrogens is 4. The van der Waals surface area contributed by atoms with Crippen LogP contribution in [0.25, 0.3) is 53.7 Å². The number of methoxy groups -OCH3 is 2. The average Bonchev–Trinajstić information content (AvgIpc) is 4.17. The second-order valence-corrected chi connectivity index (χ2v) is 19.4. The number of nitrogens with two attached hydrogens (primary N) is 2. The molecule has 18 heteroatoms. The fourth-order valence-corrected chi connectivity index (χ4v) is 10.4. The zero-order chi connectivity index (χ0) is 49.7. The minimum absolute atomic E-state index is 0.0906. The van der Waals surface area contributed by atoms with E-state index in [0.29, 0.717) is 52.1 Å². The Hall–Kier alpha value is -6.95. The summed E-state index contributed by atoms with van der Waals surface area (Å²) in [5, 5.41) is 2.79. The zero-order valence-corrected chi connectivity index (χ0v) is 40.9. The summed E-state index contributed by atoms with van der Waals surface area (Å²) in [6, 6.07) is 14.4. The van der Waals surface area contributed by atoms with Gasteiger partial charge in [-0.3, -0.25) is 23.7 Å². The van der Waals surface area contributed by atoms with Crippen LogP contribution in [0.5, 0.6) is 0 Å². The number of halogens is 2. The normalized spacial score (nSPS) is 17.5. The molecule has 69 heavy (non-hydrogen) atoms. The fourth-order valence-electron chi connectivity index (χ4n) is 8.87. The number of nitrogens with zero attached hydrogens (tertiary/aromatic N) is 5. The molecule has 5 N–H and O–H groups in total. The molecule has 356 valence electrons. The van der Waals surface area contributed by atoms with Crippen molar-refractivity contribution in [1.29, 1.82) is 0 Å². The second kappa shape index (κ2) is 21.1. The number of carbonyl (C=O) groups excluding carboxylic acids is 2. The van der Waals surface area contributed by atoms with Crippen LogP contribution in [-0.2, 0) is 33.4 Å². The largest absolute Gasteiger partial charge is 0.469 e. The van der Waals surface area contributed by atoms with Crippen molar-refractivity contribution in [3.05, 3.63) is 135 Å². The molecule has 0 amide bonds. The number of nitrogens with one attached hydrogen (secondary N) is 1. The van der Waals surface area contributed by atoms with Crippen molar-refractivity contribution >= 4 is 89.8 Å². The third kappa shape index (κ3) is 10.7. The van der Waals surface area contributed by atoms with Gasteiger partial charge in [-0.2, -0.15) is 8.42 Å². The van der Waals surface area contributed by atoms with Gasteiger partial charge in [-0.25, -0.2) is 9.69 Å². The third-order valence-corrected chi connectivity index (χ3v) is 14.8. The van der Waals surface area contributed by atoms with Crippen LogP contribution in [-0.4, -0.2) is 60.2 Å². The molecular formula is C51H50Cl2N8O7S. The van der Waals surface area contributed by atoms with Crippen molar-refractivity contribution in [1.82, 2.24) is 19.5 Å². The number of benzene rings is 3. The Labute approximate surface area is 410 Å². The summed E-state index contributed by atoms with van der Waals surface area (Å²) < 4.78 is 41.2. The van der Waals surface area contributed by atoms with Gasteiger partial charge in [0.2, 0.25) is 0 Å². The van der Waals surface area contributed by atoms with E-state index in [9.17, 15) is 18.0 Å². The molecule has 9 rings (SSSR count). The Kier molecular flexibility index (Phi) is 15.3. The highest BCUT2D eigenvalue weighted by molar-refractivity contribution is 7.86. The summed E-state index contributed by atoms with van der Waals surface area (Å²) in [4.78, 5) is 42.2. The zero-order valence-electron chi connectivity index (χ0n) is 38.5. The van der Waals surface area contributed by atoms with E-state index in [0.717, 1.165) is 80.0 Å². The van der Waals surface area contributed by atoms with E-state index in [2.05, 4.69) is 33.9 Å². The number of hydrogen-bond acceptors (Lipinski definition) is 11. The van der Waals surface area contributed by atoms with Gasteiger partial charge >= 0.3 is 11.9 Å². The molecule has 0 saturated heterocycles. The molecule has 4 heterocycles. The van der Waals surface area contributed by atoms with E-state index in [1.54, 1.807) is 24.5 Å². The molecule has 2 saturated carbocycles. The van der Waals surface area contributed by atoms with E-state index in [1.165, 1.54) is 38.7 Å². The summed E-state index contributed by atoms with van der Waals surface area (Å²) in [7, 11) is -1.00. The maximum Gasteiger partial charge on any atom is 0.308 e. The standard InChI is InChI=1S/C22H21ClN4O2.C15H11ClN4.C14H18O5S/c1-12-6-20-15(8-19(12)25-2)17(16-9-26-10-18(24)21(16)23)11-27(20)14-5-4-13(7-14)22(28)29-3;1-8-3-14-9(4-13(8)18-2)10(6-20-14)11-5-19-7-12(17)15(11)16;1-10-3-7-13(8-4-10)20(16,17)19-12-6-5-11(9-12)14(15)18-2/h6,8-11,13-14H,4-5,7,24H2,1,3H3;3-7,20H,17H2,1H3;3-4,7-8,11-12H,5-6,9H2,1-2H3. The van der Waals surface area contributed by atoms with Crippen molar-refractivity contribution in [3.63, 3.8) is 0 Å². The van der Waals surface area contributed by atoms with Gasteiger partial charge in [0.1, 0.15) is 0 Å². The van der Waals surface area contributed by atoms with Gasteiger partial charge in [-0.15, -0.1) is 0 Å². The Morgan fingerprint density at radius 1 is 0.739 bits per heavy atom. The lowest BCUT2D eigenvalue weighted by Crippen LogP contribution is -2.18. The molecular weight excluding hydrogens is 940 g/mol. The lowest BCUT2D eigenvalue weighted by Gasteiger charge is -2.15. The van der Waals surface area contributed by atoms with E-state index < -0.39 is 16.2 Å². The molecule has 0 spiro atoms. The van der Waals surface area contributed by atoms with Crippen molar-refractivity contribution in [2.24, 2.45) is 11.8 Å². The predicted octanol–water partition coefficient (Wildman–Crippen LogP) is 11.7. The van der Waals surface area contributed by atoms with Crippen LogP contribution in [0.3, 0.4) is 0 Å². The molecule has 0 bridgehead atoms. The Balaban J connectivity index is 0.000000157. The predicted molar refractivity (Wildman–Crippen MR) is 269 cm³/mol. The SMILES string of the molecule is COC(=O)C1CCC(OS(=O)(=O)c2ccc(C)cc2)C1.[C-]#[N+]c1cc2c(-c3cncc(N)c3Cl)c[nH]c2cc1C.[C-]#[N+]c1cc2c(-c3cncc(N)c3Cl)cn(C3CCC(C(=O)OC)C3)c2cc1C. The van der Waals surface area contributed by atoms with Crippen LogP contribution < -0.4 is 11.5 Å². The van der Waals surface area contributed by atoms with E-state index in [4.69, 9.17) is 56.7 Å². The van der Waals surface area contributed by atoms with E-state index in [-0.39, 0.29) is 34.7 Å². The number of pyridine rings is 2. The maximum atomic E-state index is 12.1. The molecule has 0 aliphatic heterocycles. The number of carbonyl (C=O) groups is 2. The number of aryl methyl sites for hydroxylation is 3. The first-order valence-corrected chi connectivity index (χ1v) is 24.1. The Bertz CT molecular complexity index is 3290. The van der Waals surface area contributed by atoms with Crippen LogP contribution in [0.15, 0.2) is 90.6 Å². The minimum atomic E-state index is -3.77. The minimum Gasteiger partial charge on any atom is -0.469 e. The molecule has 7 aromatic rings. The number of anilines is 2. The summed E-state index contributed by atoms with van der Waals surface area (Å²) in [5.74, 6) is -0.812. The fraction of sp³-hybridized carbons (Fsp3) is 0.294. The summed E-state index contributed by atoms with van der Waals surface area (Å²) in [6.45, 7) is 20.4. The third-order valence-electron chi connectivity index (χ3n) is 12.6. The lowest BCUT2D eigenvalue weighted by atomic mass is 10.0. The summed E-state index contributed by atoms with van der Waals surface area (Å²) in [5.41, 5.74) is 22.0. The van der Waals surface area contributed by atoms with E-state index >= 15 is 0 Å². The molecule has 3 aromatic carbocycles. The number of esters is 2. The number of H-pyrrole nitrogens is 1. The van der Waals surface area contributed by atoms with Crippen LogP contribution in [0.1, 0.15) is 61.3 Å². The van der Waals surface area contributed by atoms with Crippen LogP contribution in [0, 0.1) is 45.8 Å². The van der Waals surface area contributed by atoms with Gasteiger partial charge in [0.25, 0.3) is 10.1 Å². The first-order chi connectivity index (χ1) is 33.0. The molecule has 2 aliphatic rings. The molecule has 0 radical (unpaired) electrons. The Morgan fingerprint density at radius 3 is 1.88 bits per heavy atom. The molecule has 2 aliphatic carbocycles. The highest BCUT2D eigenvalue weighted by Crippen LogP contribution is 2.44. The molecule has 4 atom stereocenters. The van der Waals surface area contributed by atoms with Crippen molar-refractivity contribution in [2.45, 2.75) is 76.3 Å². The van der Waals surface area contributed by atoms with Crippen molar-refractivity contribution in [3.8, 4) is 22.3 Å². The van der Waals surface area contributed by atoms with Gasteiger partial charge in [0.05, 0.1) is 84.0 Å². The van der Waals surface area contributed by atoms with Crippen LogP contribution >= 0.6 is 23.2 Å². The van der Waals surface area contributed by atoms with Gasteiger partial charge in [-0.05, 0) is 118 Å². The quantitative estimate of drug-likeness (QED) is 0.0742. The van der Waals surface area contributed by atoms with Crippen molar-refractivity contribution in [2.75, 3.05) is 25.7 Å². The highest BCUT2D eigenvalue weighted by Gasteiger charge is 2.35. The first-order valence-electron chi connectivity index (χ1n) is 21.9. The molecule has 15 nitrogen and oxygen atoms in total. The average molecular weight is 990 g/mol. The number of aromatic amines is 1. The smallest absolute Gasteiger partial charge is 0.308 e. The lowest BCUT2D eigenvalue weighted by molar-refractivity contribution is -0.146. The topological polar surface area (TPSA) is 203 Å². The molecule has 4 aromatic heterocycles. The number of ether oxygens (including phenoxy) is 2. The van der Waals surface area contributed by atoms with Gasteiger partial charge in [0, 0.05) is 64.1 Å². The number of rotatable bonds is 8. The number of hydrogen-bond donors (Lipinski definition) is 3. The van der Waals surface area contributed by atoms with Gasteiger partial charge in [0.15, 0.2) is 11.4 Å². The highest BCUT2D eigenvalue weighted by atomic mass is 35.5. The second-order valence-electron chi connectivity index (χ2n) is 17.1. The van der Waals surface area contributed by atoms with Crippen LogP contribution in [0.2, 0.25) is 10.0 Å².